The second-order valence-electron chi connectivity index (χ2n) is 5.28. The highest BCUT2D eigenvalue weighted by Crippen LogP contribution is 2.26. The van der Waals surface area contributed by atoms with Crippen LogP contribution in [-0.4, -0.2) is 54.6 Å². The number of nitrogens with one attached hydrogen (secondary N) is 1. The maximum absolute atomic E-state index is 4.53. The third kappa shape index (κ3) is 2.95. The molecule has 2 aromatic rings. The van der Waals surface area contributed by atoms with Gasteiger partial charge in [0.1, 0.15) is 0 Å². The number of piperazine rings is 1. The van der Waals surface area contributed by atoms with E-state index in [4.69, 9.17) is 0 Å². The zero-order chi connectivity index (χ0) is 13.9. The maximum atomic E-state index is 4.53. The van der Waals surface area contributed by atoms with Crippen LogP contribution in [-0.2, 0) is 6.54 Å². The lowest BCUT2D eigenvalue weighted by atomic mass is 10.2. The van der Waals surface area contributed by atoms with E-state index in [0.29, 0.717) is 0 Å². The molecule has 0 unspecified atom stereocenters. The Balaban J connectivity index is 1.68. The van der Waals surface area contributed by atoms with Crippen LogP contribution in [0.5, 0.6) is 0 Å². The molecule has 2 heterocycles. The van der Waals surface area contributed by atoms with Crippen molar-refractivity contribution in [3.8, 4) is 0 Å². The minimum atomic E-state index is 0.994. The highest BCUT2D eigenvalue weighted by atomic mass is 32.1. The van der Waals surface area contributed by atoms with Gasteiger partial charge in [-0.25, -0.2) is 4.98 Å². The van der Waals surface area contributed by atoms with E-state index in [1.54, 1.807) is 11.3 Å². The second-order valence-corrected chi connectivity index (χ2v) is 6.31. The number of fused-ring (bicyclic) bond motifs is 1. The number of nitrogens with zero attached hydrogens (tertiary/aromatic N) is 3. The van der Waals surface area contributed by atoms with Crippen molar-refractivity contribution in [2.45, 2.75) is 13.5 Å². The molecule has 1 aromatic heterocycles. The van der Waals surface area contributed by atoms with Crippen molar-refractivity contribution in [1.29, 1.82) is 0 Å². The molecule has 0 saturated carbocycles. The average Bonchev–Trinajstić information content (AvgIpc) is 2.90. The van der Waals surface area contributed by atoms with E-state index in [-0.39, 0.29) is 0 Å². The number of likely N-dealkylation sites (N-methyl/N-ethyl adjacent to an activating group) is 1. The highest BCUT2D eigenvalue weighted by molar-refractivity contribution is 7.22. The summed E-state index contributed by atoms with van der Waals surface area (Å²) in [4.78, 5) is 9.59. The minimum Gasteiger partial charge on any atom is -0.365 e. The van der Waals surface area contributed by atoms with E-state index in [0.717, 1.165) is 17.2 Å². The van der Waals surface area contributed by atoms with Gasteiger partial charge in [0.05, 0.1) is 10.2 Å². The lowest BCUT2D eigenvalue weighted by molar-refractivity contribution is 0.132. The molecule has 0 atom stereocenters. The van der Waals surface area contributed by atoms with Crippen molar-refractivity contribution < 1.29 is 0 Å². The largest absolute Gasteiger partial charge is 0.365 e. The molecule has 0 radical (unpaired) electrons. The number of benzene rings is 1. The Hall–Kier alpha value is -1.17. The summed E-state index contributed by atoms with van der Waals surface area (Å²) in [6.45, 7) is 9.22. The molecule has 0 spiro atoms. The number of hydrogen-bond acceptors (Lipinski definition) is 5. The molecule has 0 bridgehead atoms. The SMILES string of the molecule is CCN1CCN(Cc2ccc3nc(NC)sc3c2)CC1. The van der Waals surface area contributed by atoms with E-state index in [2.05, 4.69) is 45.2 Å². The molecule has 0 amide bonds. The molecule has 1 saturated heterocycles. The van der Waals surface area contributed by atoms with Gasteiger partial charge in [0.25, 0.3) is 0 Å². The first-order chi connectivity index (χ1) is 9.78. The maximum Gasteiger partial charge on any atom is 0.183 e. The average molecular weight is 290 g/mol. The summed E-state index contributed by atoms with van der Waals surface area (Å²) in [6.07, 6.45) is 0. The van der Waals surface area contributed by atoms with Crippen LogP contribution in [0, 0.1) is 0 Å². The van der Waals surface area contributed by atoms with Gasteiger partial charge in [0.2, 0.25) is 0 Å². The first kappa shape index (κ1) is 13.8. The first-order valence-corrected chi connectivity index (χ1v) is 8.12. The molecule has 0 aliphatic carbocycles. The van der Waals surface area contributed by atoms with Crippen molar-refractivity contribution in [2.75, 3.05) is 45.1 Å². The summed E-state index contributed by atoms with van der Waals surface area (Å²) in [5, 5.41) is 4.11. The van der Waals surface area contributed by atoms with E-state index in [9.17, 15) is 0 Å². The van der Waals surface area contributed by atoms with Gasteiger partial charge in [0, 0.05) is 39.8 Å². The Morgan fingerprint density at radius 2 is 1.95 bits per heavy atom. The second kappa shape index (κ2) is 6.08. The Morgan fingerprint density at radius 3 is 2.65 bits per heavy atom. The summed E-state index contributed by atoms with van der Waals surface area (Å²) in [7, 11) is 1.92. The quantitative estimate of drug-likeness (QED) is 0.937. The summed E-state index contributed by atoms with van der Waals surface area (Å²) in [5.41, 5.74) is 2.49. The molecule has 1 aliphatic rings. The van der Waals surface area contributed by atoms with Gasteiger partial charge in [-0.05, 0) is 24.2 Å². The van der Waals surface area contributed by atoms with Gasteiger partial charge >= 0.3 is 0 Å². The van der Waals surface area contributed by atoms with Crippen LogP contribution in [0.3, 0.4) is 0 Å². The zero-order valence-corrected chi connectivity index (χ0v) is 13.0. The molecule has 108 valence electrons. The van der Waals surface area contributed by atoms with Gasteiger partial charge in [-0.3, -0.25) is 4.90 Å². The Bertz CT molecular complexity index is 572. The Morgan fingerprint density at radius 1 is 1.20 bits per heavy atom. The number of anilines is 1. The normalized spacial score (nSPS) is 17.7. The molecule has 1 fully saturated rings. The Labute approximate surface area is 124 Å². The highest BCUT2D eigenvalue weighted by Gasteiger charge is 2.15. The first-order valence-electron chi connectivity index (χ1n) is 7.30. The van der Waals surface area contributed by atoms with E-state index in [1.165, 1.54) is 43.0 Å². The standard InChI is InChI=1S/C15H22N4S/c1-3-18-6-8-19(9-7-18)11-12-4-5-13-14(10-12)20-15(16-2)17-13/h4-5,10H,3,6-9,11H2,1-2H3,(H,16,17). The number of aromatic nitrogens is 1. The molecule has 5 heteroatoms. The smallest absolute Gasteiger partial charge is 0.183 e. The molecular formula is C15H22N4S. The van der Waals surface area contributed by atoms with E-state index in [1.807, 2.05) is 7.05 Å². The van der Waals surface area contributed by atoms with Crippen LogP contribution < -0.4 is 5.32 Å². The molecule has 4 nitrogen and oxygen atoms in total. The van der Waals surface area contributed by atoms with Crippen LogP contribution in [0.1, 0.15) is 12.5 Å². The van der Waals surface area contributed by atoms with Crippen molar-refractivity contribution in [2.24, 2.45) is 0 Å². The summed E-state index contributed by atoms with van der Waals surface area (Å²) in [5.74, 6) is 0. The van der Waals surface area contributed by atoms with Crippen molar-refractivity contribution in [3.63, 3.8) is 0 Å². The fourth-order valence-electron chi connectivity index (χ4n) is 2.70. The van der Waals surface area contributed by atoms with E-state index >= 15 is 0 Å². The molecule has 20 heavy (non-hydrogen) atoms. The van der Waals surface area contributed by atoms with Crippen molar-refractivity contribution in [3.05, 3.63) is 23.8 Å². The van der Waals surface area contributed by atoms with Crippen molar-refractivity contribution in [1.82, 2.24) is 14.8 Å². The van der Waals surface area contributed by atoms with Gasteiger partial charge in [0.15, 0.2) is 5.13 Å². The Kier molecular flexibility index (Phi) is 4.19. The molecule has 1 N–H and O–H groups in total. The zero-order valence-electron chi connectivity index (χ0n) is 12.2. The fraction of sp³-hybridized carbons (Fsp3) is 0.533. The summed E-state index contributed by atoms with van der Waals surface area (Å²) < 4.78 is 1.28. The lowest BCUT2D eigenvalue weighted by Gasteiger charge is -2.34. The van der Waals surface area contributed by atoms with E-state index < -0.39 is 0 Å². The van der Waals surface area contributed by atoms with Crippen LogP contribution in [0.15, 0.2) is 18.2 Å². The van der Waals surface area contributed by atoms with Crippen LogP contribution in [0.4, 0.5) is 5.13 Å². The van der Waals surface area contributed by atoms with Crippen molar-refractivity contribution >= 4 is 26.7 Å². The fourth-order valence-corrected chi connectivity index (χ4v) is 3.58. The third-order valence-electron chi connectivity index (χ3n) is 3.99. The lowest BCUT2D eigenvalue weighted by Crippen LogP contribution is -2.45. The molecule has 1 aliphatic heterocycles. The van der Waals surface area contributed by atoms with Gasteiger partial charge in [-0.1, -0.05) is 24.3 Å². The summed E-state index contributed by atoms with van der Waals surface area (Å²) in [6, 6.07) is 6.65. The van der Waals surface area contributed by atoms with Crippen LogP contribution in [0.25, 0.3) is 10.2 Å². The van der Waals surface area contributed by atoms with Gasteiger partial charge in [-0.15, -0.1) is 0 Å². The topological polar surface area (TPSA) is 31.4 Å². The van der Waals surface area contributed by atoms with Gasteiger partial charge < -0.3 is 10.2 Å². The monoisotopic (exact) mass is 290 g/mol. The number of rotatable bonds is 4. The molecule has 1 aromatic carbocycles. The number of thiazole rings is 1. The van der Waals surface area contributed by atoms with Gasteiger partial charge in [-0.2, -0.15) is 0 Å². The number of hydrogen-bond donors (Lipinski definition) is 1. The van der Waals surface area contributed by atoms with Crippen LogP contribution >= 0.6 is 11.3 Å². The molecule has 3 rings (SSSR count). The predicted molar refractivity (Wildman–Crippen MR) is 86.6 cm³/mol. The summed E-state index contributed by atoms with van der Waals surface area (Å²) >= 11 is 1.73. The minimum absolute atomic E-state index is 0.994. The molecular weight excluding hydrogens is 268 g/mol. The third-order valence-corrected chi connectivity index (χ3v) is 5.02. The van der Waals surface area contributed by atoms with Crippen LogP contribution in [0.2, 0.25) is 0 Å². The predicted octanol–water partition coefficient (Wildman–Crippen LogP) is 2.48.